The fourth-order valence-electron chi connectivity index (χ4n) is 1.44. The molecule has 0 saturated heterocycles. The zero-order valence-electron chi connectivity index (χ0n) is 11.2. The summed E-state index contributed by atoms with van der Waals surface area (Å²) in [5, 5.41) is 13.7. The van der Waals surface area contributed by atoms with Crippen molar-refractivity contribution in [3.8, 4) is 0 Å². The average Bonchev–Trinajstić information content (AvgIpc) is 2.29. The van der Waals surface area contributed by atoms with E-state index in [1.165, 1.54) is 0 Å². The van der Waals surface area contributed by atoms with E-state index in [4.69, 9.17) is 16.6 Å². The fourth-order valence-corrected chi connectivity index (χ4v) is 1.44. The molecule has 19 heavy (non-hydrogen) atoms. The number of urea groups is 1. The molecule has 0 bridgehead atoms. The largest absolute Gasteiger partial charge is 0.480 e. The summed E-state index contributed by atoms with van der Waals surface area (Å²) in [6, 6.07) is -2.40. The Morgan fingerprint density at radius 1 is 1.26 bits per heavy atom. The van der Waals surface area contributed by atoms with Crippen molar-refractivity contribution in [2.24, 2.45) is 17.4 Å². The third-order valence-corrected chi connectivity index (χ3v) is 2.56. The first-order chi connectivity index (χ1) is 8.75. The number of rotatable bonds is 8. The second-order valence-corrected chi connectivity index (χ2v) is 4.61. The lowest BCUT2D eigenvalue weighted by molar-refractivity contribution is -0.143. The maximum absolute atomic E-state index is 11.7. The number of aliphatic carboxylic acids is 1. The van der Waals surface area contributed by atoms with E-state index < -0.39 is 30.0 Å². The van der Waals surface area contributed by atoms with Gasteiger partial charge in [0.05, 0.1) is 6.04 Å². The predicted octanol–water partition coefficient (Wildman–Crippen LogP) is -1.01. The molecule has 0 aliphatic rings. The highest BCUT2D eigenvalue weighted by Crippen LogP contribution is 2.03. The number of nitrogens with one attached hydrogen (secondary N) is 2. The van der Waals surface area contributed by atoms with Crippen molar-refractivity contribution < 1.29 is 19.5 Å². The molecule has 0 spiro atoms. The summed E-state index contributed by atoms with van der Waals surface area (Å²) in [5.74, 6) is -1.84. The van der Waals surface area contributed by atoms with Crippen LogP contribution in [0.4, 0.5) is 4.79 Å². The van der Waals surface area contributed by atoms with Gasteiger partial charge in [0.15, 0.2) is 0 Å². The SMILES string of the molecule is CC(C)[C@H](NC(=O)[C@@H](N)CCCNC(N)=O)C(=O)O. The van der Waals surface area contributed by atoms with Gasteiger partial charge in [0.25, 0.3) is 0 Å². The summed E-state index contributed by atoms with van der Waals surface area (Å²) in [4.78, 5) is 33.0. The normalized spacial score (nSPS) is 13.7. The molecule has 8 nitrogen and oxygen atoms in total. The number of amides is 3. The lowest BCUT2D eigenvalue weighted by Crippen LogP contribution is -2.50. The first kappa shape index (κ1) is 17.2. The van der Waals surface area contributed by atoms with Crippen LogP contribution in [-0.4, -0.2) is 41.6 Å². The molecule has 0 saturated carbocycles. The molecule has 7 N–H and O–H groups in total. The predicted molar refractivity (Wildman–Crippen MR) is 69.2 cm³/mol. The molecular formula is C11H22N4O4. The van der Waals surface area contributed by atoms with Crippen molar-refractivity contribution in [3.05, 3.63) is 0 Å². The number of primary amides is 1. The summed E-state index contributed by atoms with van der Waals surface area (Å²) in [6.45, 7) is 3.71. The quantitative estimate of drug-likeness (QED) is 0.360. The van der Waals surface area contributed by atoms with Crippen LogP contribution >= 0.6 is 0 Å². The Morgan fingerprint density at radius 3 is 2.26 bits per heavy atom. The summed E-state index contributed by atoms with van der Waals surface area (Å²) < 4.78 is 0. The Bertz CT molecular complexity index is 333. The average molecular weight is 274 g/mol. The second kappa shape index (κ2) is 8.30. The number of carboxylic acid groups (broad SMARTS) is 1. The van der Waals surface area contributed by atoms with E-state index >= 15 is 0 Å². The zero-order chi connectivity index (χ0) is 15.0. The molecule has 3 amide bonds. The molecule has 0 heterocycles. The van der Waals surface area contributed by atoms with Crippen molar-refractivity contribution in [1.29, 1.82) is 0 Å². The third kappa shape index (κ3) is 7.24. The number of carbonyl (C=O) groups is 3. The van der Waals surface area contributed by atoms with Crippen LogP contribution in [0.5, 0.6) is 0 Å². The lowest BCUT2D eigenvalue weighted by atomic mass is 10.0. The highest BCUT2D eigenvalue weighted by molar-refractivity contribution is 5.86. The number of hydrogen-bond donors (Lipinski definition) is 5. The van der Waals surface area contributed by atoms with Crippen LogP contribution in [0.15, 0.2) is 0 Å². The van der Waals surface area contributed by atoms with Gasteiger partial charge in [-0.2, -0.15) is 0 Å². The monoisotopic (exact) mass is 274 g/mol. The van der Waals surface area contributed by atoms with Gasteiger partial charge in [0.1, 0.15) is 6.04 Å². The van der Waals surface area contributed by atoms with E-state index in [9.17, 15) is 14.4 Å². The van der Waals surface area contributed by atoms with Gasteiger partial charge in [0, 0.05) is 6.54 Å². The van der Waals surface area contributed by atoms with Crippen molar-refractivity contribution in [1.82, 2.24) is 10.6 Å². The molecule has 0 aliphatic heterocycles. The minimum Gasteiger partial charge on any atom is -0.480 e. The molecule has 110 valence electrons. The van der Waals surface area contributed by atoms with Crippen LogP contribution in [0.1, 0.15) is 26.7 Å². The van der Waals surface area contributed by atoms with Crippen LogP contribution in [0.3, 0.4) is 0 Å². The maximum Gasteiger partial charge on any atom is 0.326 e. The molecule has 0 aliphatic carbocycles. The van der Waals surface area contributed by atoms with Gasteiger partial charge in [-0.25, -0.2) is 9.59 Å². The van der Waals surface area contributed by atoms with Gasteiger partial charge >= 0.3 is 12.0 Å². The van der Waals surface area contributed by atoms with E-state index in [2.05, 4.69) is 10.6 Å². The second-order valence-electron chi connectivity index (χ2n) is 4.61. The Balaban J connectivity index is 4.11. The first-order valence-corrected chi connectivity index (χ1v) is 6.07. The number of carbonyl (C=O) groups excluding carboxylic acids is 2. The minimum absolute atomic E-state index is 0.231. The number of carboxylic acids is 1. The van der Waals surface area contributed by atoms with Crippen LogP contribution in [-0.2, 0) is 9.59 Å². The highest BCUT2D eigenvalue weighted by Gasteiger charge is 2.25. The third-order valence-electron chi connectivity index (χ3n) is 2.56. The van der Waals surface area contributed by atoms with E-state index in [1.807, 2.05) is 0 Å². The molecule has 0 aromatic heterocycles. The highest BCUT2D eigenvalue weighted by atomic mass is 16.4. The molecule has 2 atom stereocenters. The Hall–Kier alpha value is -1.83. The molecule has 0 aromatic carbocycles. The van der Waals surface area contributed by atoms with Crippen molar-refractivity contribution in [3.63, 3.8) is 0 Å². The van der Waals surface area contributed by atoms with Crippen LogP contribution < -0.4 is 22.1 Å². The van der Waals surface area contributed by atoms with Crippen LogP contribution in [0.2, 0.25) is 0 Å². The molecule has 0 fully saturated rings. The molecular weight excluding hydrogens is 252 g/mol. The lowest BCUT2D eigenvalue weighted by Gasteiger charge is -2.20. The maximum atomic E-state index is 11.7. The van der Waals surface area contributed by atoms with E-state index in [-0.39, 0.29) is 5.92 Å². The summed E-state index contributed by atoms with van der Waals surface area (Å²) in [7, 11) is 0. The van der Waals surface area contributed by atoms with Gasteiger partial charge < -0.3 is 27.2 Å². The smallest absolute Gasteiger partial charge is 0.326 e. The Kier molecular flexibility index (Phi) is 7.50. The summed E-state index contributed by atoms with van der Waals surface area (Å²) in [5.41, 5.74) is 10.5. The van der Waals surface area contributed by atoms with Crippen molar-refractivity contribution >= 4 is 17.9 Å². The summed E-state index contributed by atoms with van der Waals surface area (Å²) in [6.07, 6.45) is 0.813. The standard InChI is InChI=1S/C11H22N4O4/c1-6(2)8(10(17)18)15-9(16)7(12)4-3-5-14-11(13)19/h6-8H,3-5,12H2,1-2H3,(H,15,16)(H,17,18)(H3,13,14,19)/t7-,8-/m0/s1. The topological polar surface area (TPSA) is 148 Å². The van der Waals surface area contributed by atoms with Gasteiger partial charge in [-0.05, 0) is 18.8 Å². The number of nitrogens with two attached hydrogens (primary N) is 2. The van der Waals surface area contributed by atoms with Gasteiger partial charge in [-0.1, -0.05) is 13.8 Å². The van der Waals surface area contributed by atoms with Crippen LogP contribution in [0.25, 0.3) is 0 Å². The van der Waals surface area contributed by atoms with E-state index in [1.54, 1.807) is 13.8 Å². The fraction of sp³-hybridized carbons (Fsp3) is 0.727. The molecule has 0 unspecified atom stereocenters. The molecule has 0 aromatic rings. The van der Waals surface area contributed by atoms with E-state index in [0.29, 0.717) is 19.4 Å². The molecule has 0 radical (unpaired) electrons. The molecule has 0 rings (SSSR count). The van der Waals surface area contributed by atoms with Crippen molar-refractivity contribution in [2.75, 3.05) is 6.54 Å². The number of hydrogen-bond acceptors (Lipinski definition) is 4. The Morgan fingerprint density at radius 2 is 1.84 bits per heavy atom. The van der Waals surface area contributed by atoms with Gasteiger partial charge in [-0.3, -0.25) is 4.79 Å². The van der Waals surface area contributed by atoms with Crippen molar-refractivity contribution in [2.45, 2.75) is 38.8 Å². The van der Waals surface area contributed by atoms with Gasteiger partial charge in [-0.15, -0.1) is 0 Å². The van der Waals surface area contributed by atoms with E-state index in [0.717, 1.165) is 0 Å². The summed E-state index contributed by atoms with van der Waals surface area (Å²) >= 11 is 0. The van der Waals surface area contributed by atoms with Crippen LogP contribution in [0, 0.1) is 5.92 Å². The van der Waals surface area contributed by atoms with Gasteiger partial charge in [0.2, 0.25) is 5.91 Å². The first-order valence-electron chi connectivity index (χ1n) is 6.07. The molecule has 8 heteroatoms. The minimum atomic E-state index is -1.09. The zero-order valence-corrected chi connectivity index (χ0v) is 11.2. The Labute approximate surface area is 111 Å².